The number of halogens is 2. The first-order valence-electron chi connectivity index (χ1n) is 9.14. The van der Waals surface area contributed by atoms with Crippen LogP contribution in [0.15, 0.2) is 46.3 Å². The molecule has 8 heteroatoms. The van der Waals surface area contributed by atoms with Crippen molar-refractivity contribution in [3.63, 3.8) is 0 Å². The summed E-state index contributed by atoms with van der Waals surface area (Å²) in [7, 11) is 0. The molecule has 152 valence electrons. The zero-order valence-corrected chi connectivity index (χ0v) is 18.3. The van der Waals surface area contributed by atoms with Crippen LogP contribution in [0.1, 0.15) is 25.8 Å². The number of carbonyl (C=O) groups is 1. The molecule has 0 saturated carbocycles. The number of carbonyl (C=O) groups excluding carboxylic acids is 1. The summed E-state index contributed by atoms with van der Waals surface area (Å²) in [5.74, 6) is 0.485. The Hall–Kier alpha value is -2.15. The summed E-state index contributed by atoms with van der Waals surface area (Å²) < 4.78 is 5.45. The molecular weight excluding hydrogens is 431 g/mol. The zero-order valence-electron chi connectivity index (χ0n) is 16.0. The number of benzene rings is 2. The number of nitrogens with zero attached hydrogens (tertiary/aromatic N) is 2. The van der Waals surface area contributed by atoms with E-state index in [0.717, 1.165) is 17.9 Å². The molecule has 1 fully saturated rings. The summed E-state index contributed by atoms with van der Waals surface area (Å²) in [4.78, 5) is 19.6. The Labute approximate surface area is 184 Å². The third-order valence-corrected chi connectivity index (χ3v) is 5.56. The van der Waals surface area contributed by atoms with Crippen molar-refractivity contribution in [3.05, 3.63) is 56.9 Å². The fourth-order valence-electron chi connectivity index (χ4n) is 2.74. The van der Waals surface area contributed by atoms with Crippen molar-refractivity contribution in [1.29, 1.82) is 0 Å². The first kappa shape index (κ1) is 21.6. The number of phenols is 1. The summed E-state index contributed by atoms with van der Waals surface area (Å²) in [6.07, 6.45) is 2.37. The quantitative estimate of drug-likeness (QED) is 0.538. The van der Waals surface area contributed by atoms with Crippen molar-refractivity contribution in [2.75, 3.05) is 13.2 Å². The fraction of sp³-hybridized carbons (Fsp3) is 0.238. The Kier molecular flexibility index (Phi) is 7.11. The standard InChI is InChI=1S/C21H20Cl2N2O3S/c1-3-9-25-20(27)18(11-13-10-14(22)12-17(23)19(13)26)29-21(25)24-15-5-7-16(8-6-15)28-4-2/h5-8,10-12,26H,3-4,9H2,1-2H3/b18-11-,24-21?. The van der Waals surface area contributed by atoms with Gasteiger partial charge in [0.25, 0.3) is 5.91 Å². The second-order valence-electron chi connectivity index (χ2n) is 6.21. The predicted octanol–water partition coefficient (Wildman–Crippen LogP) is 6.11. The average molecular weight is 451 g/mol. The van der Waals surface area contributed by atoms with Crippen molar-refractivity contribution < 1.29 is 14.6 Å². The van der Waals surface area contributed by atoms with Gasteiger partial charge in [0.05, 0.1) is 22.2 Å². The van der Waals surface area contributed by atoms with Gasteiger partial charge >= 0.3 is 0 Å². The Morgan fingerprint density at radius 3 is 2.59 bits per heavy atom. The van der Waals surface area contributed by atoms with E-state index in [0.29, 0.717) is 33.8 Å². The van der Waals surface area contributed by atoms with Crippen LogP contribution in [0.5, 0.6) is 11.5 Å². The monoisotopic (exact) mass is 450 g/mol. The summed E-state index contributed by atoms with van der Waals surface area (Å²) >= 11 is 13.3. The maximum absolute atomic E-state index is 12.9. The van der Waals surface area contributed by atoms with Crippen LogP contribution in [-0.2, 0) is 4.79 Å². The van der Waals surface area contributed by atoms with E-state index < -0.39 is 0 Å². The van der Waals surface area contributed by atoms with E-state index in [1.807, 2.05) is 38.1 Å². The van der Waals surface area contributed by atoms with Crippen LogP contribution in [0.3, 0.4) is 0 Å². The van der Waals surface area contributed by atoms with Crippen LogP contribution in [0.2, 0.25) is 10.0 Å². The Morgan fingerprint density at radius 2 is 1.93 bits per heavy atom. The van der Waals surface area contributed by atoms with Crippen LogP contribution >= 0.6 is 35.0 Å². The number of amides is 1. The summed E-state index contributed by atoms with van der Waals surface area (Å²) in [5.41, 5.74) is 1.11. The number of rotatable bonds is 6. The molecule has 1 heterocycles. The van der Waals surface area contributed by atoms with Gasteiger partial charge in [0.2, 0.25) is 0 Å². The highest BCUT2D eigenvalue weighted by atomic mass is 35.5. The van der Waals surface area contributed by atoms with Gasteiger partial charge in [0.15, 0.2) is 5.17 Å². The largest absolute Gasteiger partial charge is 0.506 e. The average Bonchev–Trinajstić information content (AvgIpc) is 2.96. The summed E-state index contributed by atoms with van der Waals surface area (Å²) in [6.45, 7) is 5.06. The first-order chi connectivity index (χ1) is 13.9. The van der Waals surface area contributed by atoms with E-state index in [4.69, 9.17) is 27.9 Å². The maximum Gasteiger partial charge on any atom is 0.266 e. The molecule has 0 radical (unpaired) electrons. The Morgan fingerprint density at radius 1 is 1.21 bits per heavy atom. The van der Waals surface area contributed by atoms with Gasteiger partial charge in [-0.2, -0.15) is 0 Å². The second-order valence-corrected chi connectivity index (χ2v) is 8.07. The number of phenolic OH excluding ortho intramolecular Hbond substituents is 1. The molecule has 1 aliphatic heterocycles. The first-order valence-corrected chi connectivity index (χ1v) is 10.7. The molecule has 1 saturated heterocycles. The molecule has 0 aromatic heterocycles. The summed E-state index contributed by atoms with van der Waals surface area (Å²) in [5, 5.41) is 11.3. The van der Waals surface area contributed by atoms with Gasteiger partial charge in [-0.15, -0.1) is 0 Å². The molecule has 29 heavy (non-hydrogen) atoms. The minimum atomic E-state index is -0.169. The zero-order chi connectivity index (χ0) is 21.0. The molecule has 0 unspecified atom stereocenters. The van der Waals surface area contributed by atoms with E-state index in [2.05, 4.69) is 4.99 Å². The molecule has 3 rings (SSSR count). The number of hydrogen-bond acceptors (Lipinski definition) is 5. The van der Waals surface area contributed by atoms with Gasteiger partial charge in [-0.05, 0) is 67.6 Å². The van der Waals surface area contributed by atoms with E-state index in [1.165, 1.54) is 17.8 Å². The van der Waals surface area contributed by atoms with Crippen LogP contribution in [0.25, 0.3) is 6.08 Å². The molecule has 0 bridgehead atoms. The molecular formula is C21H20Cl2N2O3S. The lowest BCUT2D eigenvalue weighted by molar-refractivity contribution is -0.122. The topological polar surface area (TPSA) is 62.1 Å². The van der Waals surface area contributed by atoms with Gasteiger partial charge < -0.3 is 9.84 Å². The van der Waals surface area contributed by atoms with Crippen LogP contribution in [0, 0.1) is 0 Å². The highest BCUT2D eigenvalue weighted by molar-refractivity contribution is 8.18. The smallest absolute Gasteiger partial charge is 0.266 e. The van der Waals surface area contributed by atoms with Crippen molar-refractivity contribution in [1.82, 2.24) is 4.90 Å². The van der Waals surface area contributed by atoms with E-state index in [9.17, 15) is 9.90 Å². The van der Waals surface area contributed by atoms with Gasteiger partial charge in [-0.3, -0.25) is 9.69 Å². The fourth-order valence-corrected chi connectivity index (χ4v) is 4.27. The number of aromatic hydroxyl groups is 1. The van der Waals surface area contributed by atoms with Gasteiger partial charge in [-0.1, -0.05) is 30.1 Å². The number of hydrogen-bond donors (Lipinski definition) is 1. The van der Waals surface area contributed by atoms with E-state index in [1.54, 1.807) is 17.0 Å². The highest BCUT2D eigenvalue weighted by Crippen LogP contribution is 2.38. The van der Waals surface area contributed by atoms with Crippen molar-refractivity contribution in [2.24, 2.45) is 4.99 Å². The molecule has 0 aliphatic carbocycles. The van der Waals surface area contributed by atoms with E-state index in [-0.39, 0.29) is 16.7 Å². The Balaban J connectivity index is 1.94. The minimum Gasteiger partial charge on any atom is -0.506 e. The third kappa shape index (κ3) is 5.07. The lowest BCUT2D eigenvalue weighted by Crippen LogP contribution is -2.29. The van der Waals surface area contributed by atoms with Crippen LogP contribution in [-0.4, -0.2) is 34.2 Å². The predicted molar refractivity (Wildman–Crippen MR) is 120 cm³/mol. The number of amidine groups is 1. The molecule has 1 N–H and O–H groups in total. The molecule has 1 amide bonds. The maximum atomic E-state index is 12.9. The molecule has 5 nitrogen and oxygen atoms in total. The Bertz CT molecular complexity index is 975. The SMILES string of the molecule is CCCN1C(=O)/C(=C/c2cc(Cl)cc(Cl)c2O)SC1=Nc1ccc(OCC)cc1. The van der Waals surface area contributed by atoms with Gasteiger partial charge in [0, 0.05) is 17.1 Å². The van der Waals surface area contributed by atoms with Crippen molar-refractivity contribution in [2.45, 2.75) is 20.3 Å². The van der Waals surface area contributed by atoms with Gasteiger partial charge in [-0.25, -0.2) is 4.99 Å². The summed E-state index contributed by atoms with van der Waals surface area (Å²) in [6, 6.07) is 10.4. The second kappa shape index (κ2) is 9.57. The van der Waals surface area contributed by atoms with Crippen LogP contribution < -0.4 is 4.74 Å². The van der Waals surface area contributed by atoms with Crippen molar-refractivity contribution in [3.8, 4) is 11.5 Å². The molecule has 2 aromatic rings. The minimum absolute atomic E-state index is 0.115. The van der Waals surface area contributed by atoms with E-state index >= 15 is 0 Å². The number of aliphatic imine (C=N–C) groups is 1. The van der Waals surface area contributed by atoms with Crippen molar-refractivity contribution >= 4 is 57.8 Å². The number of thioether (sulfide) groups is 1. The molecule has 1 aliphatic rings. The third-order valence-electron chi connectivity index (χ3n) is 4.05. The number of ether oxygens (including phenoxy) is 1. The van der Waals surface area contributed by atoms with Gasteiger partial charge in [0.1, 0.15) is 11.5 Å². The highest BCUT2D eigenvalue weighted by Gasteiger charge is 2.33. The van der Waals surface area contributed by atoms with Crippen LogP contribution in [0.4, 0.5) is 5.69 Å². The molecule has 0 atom stereocenters. The normalized spacial score (nSPS) is 16.8. The lowest BCUT2D eigenvalue weighted by atomic mass is 10.2. The molecule has 0 spiro atoms. The molecule has 2 aromatic carbocycles. The lowest BCUT2D eigenvalue weighted by Gasteiger charge is -2.14.